The van der Waals surface area contributed by atoms with E-state index in [1.165, 1.54) is 0 Å². The second kappa shape index (κ2) is 7.51. The first kappa shape index (κ1) is 15.1. The molecule has 0 aliphatic carbocycles. The van der Waals surface area contributed by atoms with E-state index in [2.05, 4.69) is 0 Å². The molecule has 1 aromatic rings. The van der Waals surface area contributed by atoms with Gasteiger partial charge in [0, 0.05) is 18.6 Å². The molecule has 0 saturated heterocycles. The molecule has 0 saturated carbocycles. The summed E-state index contributed by atoms with van der Waals surface area (Å²) in [5, 5.41) is 0. The van der Waals surface area contributed by atoms with Crippen molar-refractivity contribution in [3.05, 3.63) is 12.1 Å². The first-order valence-corrected chi connectivity index (χ1v) is 6.04. The van der Waals surface area contributed by atoms with E-state index in [-0.39, 0.29) is 5.78 Å². The molecule has 0 aliphatic heterocycles. The molecule has 19 heavy (non-hydrogen) atoms. The van der Waals surface area contributed by atoms with Gasteiger partial charge in [0.1, 0.15) is 11.5 Å². The number of benzene rings is 1. The van der Waals surface area contributed by atoms with E-state index in [0.717, 1.165) is 0 Å². The molecule has 106 valence electrons. The zero-order valence-corrected chi connectivity index (χ0v) is 11.8. The first-order valence-electron chi connectivity index (χ1n) is 6.04. The minimum atomic E-state index is 0.161. The first-order chi connectivity index (χ1) is 9.12. The Morgan fingerprint density at radius 2 is 1.63 bits per heavy atom. The second-order valence-electron chi connectivity index (χ2n) is 4.02. The lowest BCUT2D eigenvalue weighted by atomic mass is 10.2. The number of rotatable bonds is 8. The van der Waals surface area contributed by atoms with Gasteiger partial charge in [0.05, 0.1) is 27.9 Å². The van der Waals surface area contributed by atoms with E-state index in [4.69, 9.17) is 18.9 Å². The molecule has 0 amide bonds. The zero-order chi connectivity index (χ0) is 14.3. The highest BCUT2D eigenvalue weighted by atomic mass is 16.5. The Kier molecular flexibility index (Phi) is 5.99. The molecule has 1 rings (SSSR count). The van der Waals surface area contributed by atoms with Crippen LogP contribution in [0, 0.1) is 0 Å². The second-order valence-corrected chi connectivity index (χ2v) is 4.02. The number of methoxy groups -OCH3 is 3. The SMILES string of the molecule is COc1cc(OCCCC(C)=O)cc(OC)c1OC. The molecule has 5 nitrogen and oxygen atoms in total. The maximum atomic E-state index is 10.8. The van der Waals surface area contributed by atoms with Gasteiger partial charge in [-0.2, -0.15) is 0 Å². The van der Waals surface area contributed by atoms with Crippen LogP contribution in [0.5, 0.6) is 23.0 Å². The van der Waals surface area contributed by atoms with Crippen LogP contribution in [0.2, 0.25) is 0 Å². The Labute approximate surface area is 113 Å². The highest BCUT2D eigenvalue weighted by Gasteiger charge is 2.13. The third-order valence-corrected chi connectivity index (χ3v) is 2.58. The lowest BCUT2D eigenvalue weighted by Gasteiger charge is -2.14. The summed E-state index contributed by atoms with van der Waals surface area (Å²) in [5.74, 6) is 2.40. The molecule has 0 radical (unpaired) electrons. The molecule has 0 bridgehead atoms. The van der Waals surface area contributed by atoms with Crippen LogP contribution in [0.15, 0.2) is 12.1 Å². The Morgan fingerprint density at radius 3 is 2.05 bits per heavy atom. The van der Waals surface area contributed by atoms with Crippen LogP contribution in [0.4, 0.5) is 0 Å². The molecule has 0 N–H and O–H groups in total. The minimum Gasteiger partial charge on any atom is -0.493 e. The van der Waals surface area contributed by atoms with Crippen molar-refractivity contribution in [2.75, 3.05) is 27.9 Å². The van der Waals surface area contributed by atoms with Gasteiger partial charge in [-0.05, 0) is 13.3 Å². The number of ketones is 1. The van der Waals surface area contributed by atoms with E-state index in [0.29, 0.717) is 42.4 Å². The average molecular weight is 268 g/mol. The van der Waals surface area contributed by atoms with Crippen LogP contribution < -0.4 is 18.9 Å². The summed E-state index contributed by atoms with van der Waals surface area (Å²) in [6.07, 6.45) is 1.20. The molecule has 0 unspecified atom stereocenters. The van der Waals surface area contributed by atoms with Gasteiger partial charge in [0.25, 0.3) is 0 Å². The topological polar surface area (TPSA) is 54.0 Å². The van der Waals surface area contributed by atoms with Crippen molar-refractivity contribution in [2.24, 2.45) is 0 Å². The summed E-state index contributed by atoms with van der Waals surface area (Å²) in [4.78, 5) is 10.8. The predicted octanol–water partition coefficient (Wildman–Crippen LogP) is 2.46. The van der Waals surface area contributed by atoms with Crippen LogP contribution in [0.3, 0.4) is 0 Å². The summed E-state index contributed by atoms with van der Waals surface area (Å²) in [5.41, 5.74) is 0. The van der Waals surface area contributed by atoms with Gasteiger partial charge < -0.3 is 23.7 Å². The predicted molar refractivity (Wildman–Crippen MR) is 71.5 cm³/mol. The lowest BCUT2D eigenvalue weighted by molar-refractivity contribution is -0.117. The van der Waals surface area contributed by atoms with Gasteiger partial charge in [-0.15, -0.1) is 0 Å². The van der Waals surface area contributed by atoms with Crippen molar-refractivity contribution in [2.45, 2.75) is 19.8 Å². The minimum absolute atomic E-state index is 0.161. The number of hydrogen-bond donors (Lipinski definition) is 0. The van der Waals surface area contributed by atoms with Crippen molar-refractivity contribution in [3.63, 3.8) is 0 Å². The molecule has 5 heteroatoms. The van der Waals surface area contributed by atoms with E-state index >= 15 is 0 Å². The molecule has 1 aromatic carbocycles. The molecular weight excluding hydrogens is 248 g/mol. The summed E-state index contributed by atoms with van der Waals surface area (Å²) < 4.78 is 21.2. The monoisotopic (exact) mass is 268 g/mol. The van der Waals surface area contributed by atoms with Gasteiger partial charge in [0.2, 0.25) is 5.75 Å². The summed E-state index contributed by atoms with van der Waals surface area (Å²) >= 11 is 0. The standard InChI is InChI=1S/C14H20O5/c1-10(15)6-5-7-19-11-8-12(16-2)14(18-4)13(9-11)17-3/h8-9H,5-7H2,1-4H3. The highest BCUT2D eigenvalue weighted by Crippen LogP contribution is 2.40. The number of Topliss-reactive ketones (excluding diaryl/α,β-unsaturated/α-hetero) is 1. The van der Waals surface area contributed by atoms with E-state index in [9.17, 15) is 4.79 Å². The molecule has 0 aromatic heterocycles. The Balaban J connectivity index is 2.76. The fraction of sp³-hybridized carbons (Fsp3) is 0.500. The smallest absolute Gasteiger partial charge is 0.203 e. The van der Waals surface area contributed by atoms with Crippen LogP contribution >= 0.6 is 0 Å². The normalized spacial score (nSPS) is 9.89. The third-order valence-electron chi connectivity index (χ3n) is 2.58. The fourth-order valence-corrected chi connectivity index (χ4v) is 1.65. The third kappa shape index (κ3) is 4.35. The molecule has 0 heterocycles. The Morgan fingerprint density at radius 1 is 1.05 bits per heavy atom. The van der Waals surface area contributed by atoms with Gasteiger partial charge in [-0.1, -0.05) is 0 Å². The van der Waals surface area contributed by atoms with Crippen molar-refractivity contribution in [3.8, 4) is 23.0 Å². The lowest BCUT2D eigenvalue weighted by Crippen LogP contribution is -2.02. The fourth-order valence-electron chi connectivity index (χ4n) is 1.65. The molecule has 0 spiro atoms. The van der Waals surface area contributed by atoms with Gasteiger partial charge in [0.15, 0.2) is 11.5 Å². The maximum absolute atomic E-state index is 10.8. The molecule has 0 fully saturated rings. The summed E-state index contributed by atoms with van der Waals surface area (Å²) in [7, 11) is 4.65. The number of carbonyl (C=O) groups excluding carboxylic acids is 1. The average Bonchev–Trinajstić information content (AvgIpc) is 2.42. The molecule has 0 aliphatic rings. The van der Waals surface area contributed by atoms with Gasteiger partial charge >= 0.3 is 0 Å². The van der Waals surface area contributed by atoms with Crippen molar-refractivity contribution < 1.29 is 23.7 Å². The number of hydrogen-bond acceptors (Lipinski definition) is 5. The van der Waals surface area contributed by atoms with Crippen LogP contribution in [0.25, 0.3) is 0 Å². The highest BCUT2D eigenvalue weighted by molar-refractivity contribution is 5.75. The van der Waals surface area contributed by atoms with Crippen molar-refractivity contribution in [1.82, 2.24) is 0 Å². The largest absolute Gasteiger partial charge is 0.493 e. The number of ether oxygens (including phenoxy) is 4. The van der Waals surface area contributed by atoms with E-state index < -0.39 is 0 Å². The molecular formula is C14H20O5. The van der Waals surface area contributed by atoms with Crippen LogP contribution in [0.1, 0.15) is 19.8 Å². The Hall–Kier alpha value is -1.91. The summed E-state index contributed by atoms with van der Waals surface area (Å²) in [6.45, 7) is 2.04. The maximum Gasteiger partial charge on any atom is 0.203 e. The number of carbonyl (C=O) groups is 1. The van der Waals surface area contributed by atoms with Crippen LogP contribution in [-0.4, -0.2) is 33.7 Å². The van der Waals surface area contributed by atoms with Crippen LogP contribution in [-0.2, 0) is 4.79 Å². The Bertz CT molecular complexity index is 403. The van der Waals surface area contributed by atoms with Crippen molar-refractivity contribution in [1.29, 1.82) is 0 Å². The van der Waals surface area contributed by atoms with Gasteiger partial charge in [-0.3, -0.25) is 0 Å². The van der Waals surface area contributed by atoms with Crippen molar-refractivity contribution >= 4 is 5.78 Å². The zero-order valence-electron chi connectivity index (χ0n) is 11.8. The van der Waals surface area contributed by atoms with E-state index in [1.807, 2.05) is 0 Å². The summed E-state index contributed by atoms with van der Waals surface area (Å²) in [6, 6.07) is 3.46. The quantitative estimate of drug-likeness (QED) is 0.678. The molecule has 0 atom stereocenters. The van der Waals surface area contributed by atoms with E-state index in [1.54, 1.807) is 40.4 Å². The van der Waals surface area contributed by atoms with Gasteiger partial charge in [-0.25, -0.2) is 0 Å².